The maximum Gasteiger partial charge on any atom is 0.542 e. The van der Waals surface area contributed by atoms with Crippen LogP contribution in [0.1, 0.15) is 16.7 Å². The second kappa shape index (κ2) is 6.45. The van der Waals surface area contributed by atoms with Crippen LogP contribution in [0.15, 0.2) is 47.4 Å². The lowest BCUT2D eigenvalue weighted by molar-refractivity contribution is 0.291. The summed E-state index contributed by atoms with van der Waals surface area (Å²) in [7, 11) is -9.27. The first-order valence-electron chi connectivity index (χ1n) is 6.72. The van der Waals surface area contributed by atoms with E-state index in [0.29, 0.717) is 11.1 Å². The van der Waals surface area contributed by atoms with Crippen molar-refractivity contribution in [3.63, 3.8) is 0 Å². The predicted molar refractivity (Wildman–Crippen MR) is 85.8 cm³/mol. The van der Waals surface area contributed by atoms with Crippen molar-refractivity contribution in [3.8, 4) is 5.75 Å². The third-order valence-electron chi connectivity index (χ3n) is 3.12. The van der Waals surface area contributed by atoms with Crippen molar-refractivity contribution >= 4 is 17.9 Å². The summed E-state index contributed by atoms with van der Waals surface area (Å²) in [5.41, 5.74) is 2.04. The van der Waals surface area contributed by atoms with E-state index >= 15 is 0 Å². The van der Waals surface area contributed by atoms with Gasteiger partial charge in [0.1, 0.15) is 5.75 Å². The molecule has 2 rings (SSSR count). The zero-order valence-corrected chi connectivity index (χ0v) is 14.6. The molecular weight excluding hydrogens is 339 g/mol. The Morgan fingerprint density at radius 3 is 2.00 bits per heavy atom. The van der Waals surface area contributed by atoms with Gasteiger partial charge >= 0.3 is 17.9 Å². The molecule has 0 aromatic heterocycles. The summed E-state index contributed by atoms with van der Waals surface area (Å²) in [5, 5.41) is 0. The van der Waals surface area contributed by atoms with Crippen LogP contribution < -0.4 is 4.52 Å². The SMILES string of the molecule is Cc1ccc(S(=O)(=O)OP(=O)(O)Oc2c(C)cccc2C)cc1. The minimum absolute atomic E-state index is 0.123. The Bertz CT molecular complexity index is 838. The maximum atomic E-state index is 12.1. The molecule has 2 aromatic rings. The summed E-state index contributed by atoms with van der Waals surface area (Å²) < 4.78 is 45.6. The Kier molecular flexibility index (Phi) is 4.96. The predicted octanol–water partition coefficient (Wildman–Crippen LogP) is 3.50. The van der Waals surface area contributed by atoms with Gasteiger partial charge in [-0.1, -0.05) is 35.9 Å². The summed E-state index contributed by atoms with van der Waals surface area (Å²) in [6.07, 6.45) is 0. The fraction of sp³-hybridized carbons (Fsp3) is 0.200. The van der Waals surface area contributed by atoms with E-state index in [1.165, 1.54) is 12.1 Å². The molecule has 0 saturated heterocycles. The molecule has 8 heteroatoms. The standard InChI is InChI=1S/C15H17O6PS/c1-11-7-9-14(10-8-11)23(18,19)21-22(16,17)20-15-12(2)5-4-6-13(15)3/h4-10H,1-3H3,(H,16,17). The lowest BCUT2D eigenvalue weighted by atomic mass is 10.1. The van der Waals surface area contributed by atoms with E-state index in [4.69, 9.17) is 4.52 Å². The molecule has 0 aliphatic heterocycles. The van der Waals surface area contributed by atoms with Gasteiger partial charge in [0, 0.05) is 0 Å². The molecule has 0 aliphatic rings. The molecule has 0 heterocycles. The molecule has 6 nitrogen and oxygen atoms in total. The van der Waals surface area contributed by atoms with Gasteiger partial charge in [-0.2, -0.15) is 12.4 Å². The average Bonchev–Trinajstić information content (AvgIpc) is 2.42. The summed E-state index contributed by atoms with van der Waals surface area (Å²) in [5.74, 6) is 0.123. The second-order valence-corrected chi connectivity index (χ2v) is 8.22. The van der Waals surface area contributed by atoms with Crippen LogP contribution in [0, 0.1) is 20.8 Å². The van der Waals surface area contributed by atoms with E-state index in [1.807, 2.05) is 0 Å². The fourth-order valence-electron chi connectivity index (χ4n) is 1.95. The lowest BCUT2D eigenvalue weighted by Crippen LogP contribution is -2.08. The molecule has 1 atom stereocenters. The van der Waals surface area contributed by atoms with Crippen LogP contribution in [0.3, 0.4) is 0 Å². The van der Waals surface area contributed by atoms with E-state index in [2.05, 4.69) is 3.97 Å². The number of hydrogen-bond donors (Lipinski definition) is 1. The lowest BCUT2D eigenvalue weighted by Gasteiger charge is -2.16. The summed E-state index contributed by atoms with van der Waals surface area (Å²) in [6.45, 7) is 5.14. The van der Waals surface area contributed by atoms with Crippen molar-refractivity contribution in [2.24, 2.45) is 0 Å². The first kappa shape index (κ1) is 17.7. The Morgan fingerprint density at radius 2 is 1.48 bits per heavy atom. The molecule has 0 amide bonds. The number of benzene rings is 2. The van der Waals surface area contributed by atoms with Crippen molar-refractivity contribution < 1.29 is 26.4 Å². The van der Waals surface area contributed by atoms with E-state index in [1.54, 1.807) is 51.1 Å². The molecule has 0 radical (unpaired) electrons. The number of hydrogen-bond acceptors (Lipinski definition) is 5. The molecule has 1 N–H and O–H groups in total. The number of rotatable bonds is 5. The summed E-state index contributed by atoms with van der Waals surface area (Å²) >= 11 is 0. The van der Waals surface area contributed by atoms with Crippen molar-refractivity contribution in [2.45, 2.75) is 25.7 Å². The highest BCUT2D eigenvalue weighted by molar-refractivity contribution is 7.90. The topological polar surface area (TPSA) is 89.9 Å². The van der Waals surface area contributed by atoms with Crippen LogP contribution >= 0.6 is 7.82 Å². The molecule has 0 aliphatic carbocycles. The van der Waals surface area contributed by atoms with E-state index < -0.39 is 17.9 Å². The maximum absolute atomic E-state index is 12.1. The average molecular weight is 356 g/mol. The normalized spacial score (nSPS) is 14.3. The van der Waals surface area contributed by atoms with Gasteiger partial charge in [0.05, 0.1) is 4.90 Å². The van der Waals surface area contributed by atoms with Gasteiger partial charge < -0.3 is 4.52 Å². The molecule has 0 bridgehead atoms. The summed E-state index contributed by atoms with van der Waals surface area (Å²) in [4.78, 5) is 9.58. The van der Waals surface area contributed by atoms with Gasteiger partial charge in [-0.05, 0) is 44.0 Å². The van der Waals surface area contributed by atoms with Gasteiger partial charge in [0.15, 0.2) is 0 Å². The zero-order chi connectivity index (χ0) is 17.3. The van der Waals surface area contributed by atoms with Crippen LogP contribution in [0.2, 0.25) is 0 Å². The largest absolute Gasteiger partial charge is 0.542 e. The Hall–Kier alpha value is -1.66. The van der Waals surface area contributed by atoms with Gasteiger partial charge in [-0.15, -0.1) is 0 Å². The Balaban J connectivity index is 2.27. The molecular formula is C15H17O6PS. The third-order valence-corrected chi connectivity index (χ3v) is 5.92. The van der Waals surface area contributed by atoms with Crippen LogP contribution in [-0.2, 0) is 18.7 Å². The van der Waals surface area contributed by atoms with Crippen molar-refractivity contribution in [3.05, 3.63) is 59.2 Å². The van der Waals surface area contributed by atoms with E-state index in [-0.39, 0.29) is 10.6 Å². The monoisotopic (exact) mass is 356 g/mol. The molecule has 2 aromatic carbocycles. The Labute approximate surface area is 135 Å². The molecule has 0 saturated carbocycles. The van der Waals surface area contributed by atoms with Gasteiger partial charge in [-0.25, -0.2) is 4.57 Å². The van der Waals surface area contributed by atoms with Crippen LogP contribution in [-0.4, -0.2) is 13.3 Å². The first-order valence-corrected chi connectivity index (χ1v) is 9.63. The molecule has 1 unspecified atom stereocenters. The smallest absolute Gasteiger partial charge is 0.403 e. The Morgan fingerprint density at radius 1 is 0.957 bits per heavy atom. The highest BCUT2D eigenvalue weighted by Gasteiger charge is 2.33. The van der Waals surface area contributed by atoms with Crippen molar-refractivity contribution in [1.29, 1.82) is 0 Å². The number of aryl methyl sites for hydroxylation is 3. The minimum Gasteiger partial charge on any atom is -0.403 e. The van der Waals surface area contributed by atoms with Crippen LogP contribution in [0.5, 0.6) is 5.75 Å². The molecule has 23 heavy (non-hydrogen) atoms. The van der Waals surface area contributed by atoms with Crippen molar-refractivity contribution in [1.82, 2.24) is 0 Å². The number of phosphoric acid groups is 1. The fourth-order valence-corrected chi connectivity index (χ4v) is 4.39. The molecule has 0 fully saturated rings. The molecule has 124 valence electrons. The van der Waals surface area contributed by atoms with E-state index in [0.717, 1.165) is 5.56 Å². The van der Waals surface area contributed by atoms with Gasteiger partial charge in [-0.3, -0.25) is 4.89 Å². The van der Waals surface area contributed by atoms with Crippen LogP contribution in [0.25, 0.3) is 0 Å². The zero-order valence-electron chi connectivity index (χ0n) is 12.9. The quantitative estimate of drug-likeness (QED) is 0.825. The number of para-hydroxylation sites is 1. The van der Waals surface area contributed by atoms with Gasteiger partial charge in [0.2, 0.25) is 0 Å². The van der Waals surface area contributed by atoms with Crippen molar-refractivity contribution in [2.75, 3.05) is 0 Å². The second-order valence-electron chi connectivity index (χ2n) is 5.12. The molecule has 0 spiro atoms. The number of phosphoric ester groups is 1. The van der Waals surface area contributed by atoms with Gasteiger partial charge in [0.25, 0.3) is 0 Å². The highest BCUT2D eigenvalue weighted by atomic mass is 32.2. The minimum atomic E-state index is -4.86. The first-order chi connectivity index (χ1) is 10.6. The third kappa shape index (κ3) is 4.42. The van der Waals surface area contributed by atoms with E-state index in [9.17, 15) is 17.9 Å². The summed E-state index contributed by atoms with van der Waals surface area (Å²) in [6, 6.07) is 10.8. The highest BCUT2D eigenvalue weighted by Crippen LogP contribution is 2.48. The van der Waals surface area contributed by atoms with Crippen LogP contribution in [0.4, 0.5) is 0 Å².